The van der Waals surface area contributed by atoms with Crippen LogP contribution in [0.25, 0.3) is 10.5 Å². The van der Waals surface area contributed by atoms with Crippen LogP contribution < -0.4 is 29.6 Å². The van der Waals surface area contributed by atoms with Crippen molar-refractivity contribution in [2.45, 2.75) is 27.7 Å². The summed E-state index contributed by atoms with van der Waals surface area (Å²) in [5, 5.41) is 0. The van der Waals surface area contributed by atoms with Crippen LogP contribution in [0.1, 0.15) is 38.8 Å². The second kappa shape index (κ2) is 7.02. The minimum Gasteiger partial charge on any atom is -0.744 e. The monoisotopic (exact) mass is 328 g/mol. The van der Waals surface area contributed by atoms with Crippen LogP contribution in [0.5, 0.6) is 0 Å². The summed E-state index contributed by atoms with van der Waals surface area (Å²) in [6, 6.07) is 7.14. The van der Waals surface area contributed by atoms with Crippen LogP contribution in [-0.2, 0) is 10.1 Å². The first-order valence-electron chi connectivity index (χ1n) is 7.14. The van der Waals surface area contributed by atoms with Gasteiger partial charge in [0.2, 0.25) is 0 Å². The van der Waals surface area contributed by atoms with E-state index in [0.717, 1.165) is 11.1 Å². The molecule has 1 unspecified atom stereocenters. The van der Waals surface area contributed by atoms with Gasteiger partial charge in [0, 0.05) is 5.92 Å². The molecule has 0 saturated carbocycles. The molecule has 0 N–H and O–H groups in total. The summed E-state index contributed by atoms with van der Waals surface area (Å²) in [7, 11) is -4.53. The summed E-state index contributed by atoms with van der Waals surface area (Å²) in [4.78, 5) is -0.0424. The third-order valence-corrected chi connectivity index (χ3v) is 4.98. The molecule has 0 aliphatic heterocycles. The maximum Gasteiger partial charge on any atom is 1.00 e. The zero-order valence-corrected chi connectivity index (χ0v) is 16.7. The van der Waals surface area contributed by atoms with Gasteiger partial charge in [-0.1, -0.05) is 58.5 Å². The zero-order chi connectivity index (χ0) is 15.9. The Balaban J connectivity index is 0.00000242. The smallest absolute Gasteiger partial charge is 0.744 e. The van der Waals surface area contributed by atoms with E-state index in [1.54, 1.807) is 12.1 Å². The largest absolute Gasteiger partial charge is 1.00 e. The molecule has 0 saturated heterocycles. The van der Waals surface area contributed by atoms with E-state index in [-0.39, 0.29) is 52.2 Å². The normalized spacial score (nSPS) is 18.5. The third kappa shape index (κ3) is 3.41. The van der Waals surface area contributed by atoms with Gasteiger partial charge in [0.25, 0.3) is 0 Å². The van der Waals surface area contributed by atoms with Crippen LogP contribution in [0.4, 0.5) is 0 Å². The molecule has 0 spiro atoms. The molecule has 0 radical (unpaired) electrons. The van der Waals surface area contributed by atoms with Gasteiger partial charge in [0.1, 0.15) is 10.1 Å². The predicted octanol–water partition coefficient (Wildman–Crippen LogP) is 0.902. The Morgan fingerprint density at radius 1 is 1.09 bits per heavy atom. The molecule has 1 aromatic rings. The van der Waals surface area contributed by atoms with Gasteiger partial charge in [-0.25, -0.2) is 8.42 Å². The molecule has 0 amide bonds. The molecule has 2 rings (SSSR count). The average molecular weight is 328 g/mol. The summed E-state index contributed by atoms with van der Waals surface area (Å²) in [6.45, 7) is 12.1. The van der Waals surface area contributed by atoms with Crippen molar-refractivity contribution in [2.24, 2.45) is 17.8 Å². The Morgan fingerprint density at radius 3 is 2.00 bits per heavy atom. The fourth-order valence-electron chi connectivity index (χ4n) is 3.27. The molecule has 1 aromatic carbocycles. The quantitative estimate of drug-likeness (QED) is 0.612. The molecule has 0 aromatic heterocycles. The van der Waals surface area contributed by atoms with E-state index in [1.165, 1.54) is 0 Å². The Morgan fingerprint density at radius 2 is 1.59 bits per heavy atom. The van der Waals surface area contributed by atoms with Gasteiger partial charge >= 0.3 is 29.6 Å². The first-order valence-corrected chi connectivity index (χ1v) is 8.55. The van der Waals surface area contributed by atoms with Crippen LogP contribution in [0, 0.1) is 17.8 Å². The van der Waals surface area contributed by atoms with E-state index in [1.807, 2.05) is 39.8 Å². The number of fused-ring (bicyclic) bond motifs is 1. The Bertz CT molecular complexity index is 715. The van der Waals surface area contributed by atoms with E-state index in [2.05, 4.69) is 6.58 Å². The number of benzene rings is 1. The molecule has 1 atom stereocenters. The summed E-state index contributed by atoms with van der Waals surface area (Å²) < 4.78 is 35.7. The van der Waals surface area contributed by atoms with Crippen molar-refractivity contribution in [3.63, 3.8) is 0 Å². The molecular formula is C17H21NaO3S. The van der Waals surface area contributed by atoms with E-state index in [0.29, 0.717) is 11.1 Å². The van der Waals surface area contributed by atoms with Crippen molar-refractivity contribution in [1.82, 2.24) is 0 Å². The van der Waals surface area contributed by atoms with Gasteiger partial charge in [0.05, 0.1) is 4.91 Å². The number of hydrogen-bond acceptors (Lipinski definition) is 3. The Kier molecular flexibility index (Phi) is 6.27. The summed E-state index contributed by atoms with van der Waals surface area (Å²) in [6.07, 6.45) is 0. The van der Waals surface area contributed by atoms with Gasteiger partial charge in [-0.3, -0.25) is 0 Å². The molecule has 0 bridgehead atoms. The SMILES string of the molecule is C=C1c2ccccc2C(S(=O)(=O)[O-])=C(C(C)C)C1C(C)C.[Na+]. The van der Waals surface area contributed by atoms with Crippen molar-refractivity contribution in [3.8, 4) is 0 Å². The van der Waals surface area contributed by atoms with Gasteiger partial charge in [-0.2, -0.15) is 0 Å². The van der Waals surface area contributed by atoms with Crippen molar-refractivity contribution >= 4 is 20.6 Å². The van der Waals surface area contributed by atoms with E-state index in [9.17, 15) is 13.0 Å². The van der Waals surface area contributed by atoms with E-state index < -0.39 is 10.1 Å². The third-order valence-electron chi connectivity index (χ3n) is 4.03. The van der Waals surface area contributed by atoms with Crippen molar-refractivity contribution < 1.29 is 42.5 Å². The topological polar surface area (TPSA) is 57.2 Å². The number of allylic oxidation sites excluding steroid dienone is 2. The fraction of sp³-hybridized carbons (Fsp3) is 0.412. The van der Waals surface area contributed by atoms with Crippen molar-refractivity contribution in [2.75, 3.05) is 0 Å². The van der Waals surface area contributed by atoms with Crippen LogP contribution in [0.15, 0.2) is 36.4 Å². The first kappa shape index (κ1) is 19.7. The number of hydrogen-bond donors (Lipinski definition) is 0. The van der Waals surface area contributed by atoms with Crippen LogP contribution in [0.2, 0.25) is 0 Å². The van der Waals surface area contributed by atoms with Crippen molar-refractivity contribution in [3.05, 3.63) is 47.5 Å². The summed E-state index contributed by atoms with van der Waals surface area (Å²) >= 11 is 0. The number of rotatable bonds is 3. The second-order valence-electron chi connectivity index (χ2n) is 6.19. The summed E-state index contributed by atoms with van der Waals surface area (Å²) in [5.41, 5.74) is 2.87. The molecule has 0 heterocycles. The van der Waals surface area contributed by atoms with E-state index in [4.69, 9.17) is 0 Å². The molecule has 1 aliphatic rings. The fourth-order valence-corrected chi connectivity index (χ4v) is 4.37. The van der Waals surface area contributed by atoms with Crippen LogP contribution in [0.3, 0.4) is 0 Å². The molecule has 0 fully saturated rings. The van der Waals surface area contributed by atoms with Gasteiger partial charge in [0.15, 0.2) is 0 Å². The molecule has 1 aliphatic carbocycles. The molecule has 5 heteroatoms. The van der Waals surface area contributed by atoms with Crippen LogP contribution >= 0.6 is 0 Å². The first-order chi connectivity index (χ1) is 9.66. The second-order valence-corrected chi connectivity index (χ2v) is 7.50. The molecule has 3 nitrogen and oxygen atoms in total. The van der Waals surface area contributed by atoms with Crippen molar-refractivity contribution in [1.29, 1.82) is 0 Å². The standard InChI is InChI=1S/C17H22O3S.Na/c1-10(2)15-12(5)13-8-6-7-9-14(13)17(21(18,19)20)16(15)11(3)4;/h6-11,15H,5H2,1-4H3,(H,18,19,20);/q;+1/p-1. The van der Waals surface area contributed by atoms with Crippen LogP contribution in [-0.4, -0.2) is 13.0 Å². The van der Waals surface area contributed by atoms with Gasteiger partial charge < -0.3 is 4.55 Å². The maximum atomic E-state index is 11.9. The van der Waals surface area contributed by atoms with Gasteiger partial charge in [-0.15, -0.1) is 0 Å². The summed E-state index contributed by atoms with van der Waals surface area (Å²) in [5.74, 6) is 0.0415. The Hall–Kier alpha value is -0.390. The Labute approximate surface area is 155 Å². The molecule has 22 heavy (non-hydrogen) atoms. The minimum absolute atomic E-state index is 0. The molecule has 114 valence electrons. The maximum absolute atomic E-state index is 11.9. The van der Waals surface area contributed by atoms with Gasteiger partial charge in [-0.05, 0) is 34.1 Å². The minimum atomic E-state index is -4.53. The predicted molar refractivity (Wildman–Crippen MR) is 85.3 cm³/mol. The molecular weight excluding hydrogens is 307 g/mol. The average Bonchev–Trinajstić information content (AvgIpc) is 2.36. The zero-order valence-electron chi connectivity index (χ0n) is 13.9. The van der Waals surface area contributed by atoms with E-state index >= 15 is 0 Å².